The molecule has 0 saturated heterocycles. The lowest BCUT2D eigenvalue weighted by molar-refractivity contribution is 0.0343. The van der Waals surface area contributed by atoms with Crippen molar-refractivity contribution in [3.05, 3.63) is 113 Å². The van der Waals surface area contributed by atoms with E-state index in [9.17, 15) is 14.7 Å². The number of aliphatic hydroxyl groups is 1. The first-order valence-corrected chi connectivity index (χ1v) is 16.5. The number of thiazole rings is 1. The lowest BCUT2D eigenvalue weighted by Crippen LogP contribution is -2.49. The molecule has 6 rings (SSSR count). The predicted octanol–water partition coefficient (Wildman–Crippen LogP) is 6.69. The molecule has 1 aliphatic rings. The quantitative estimate of drug-likeness (QED) is 0.174. The minimum Gasteiger partial charge on any atom is -0.486 e. The largest absolute Gasteiger partial charge is 0.486 e. The molecule has 1 aliphatic heterocycles. The summed E-state index contributed by atoms with van der Waals surface area (Å²) >= 11 is 1.31. The van der Waals surface area contributed by atoms with Crippen molar-refractivity contribution in [3.8, 4) is 17.2 Å². The van der Waals surface area contributed by atoms with E-state index in [1.54, 1.807) is 23.1 Å². The highest BCUT2D eigenvalue weighted by atomic mass is 32.1. The van der Waals surface area contributed by atoms with Crippen LogP contribution >= 0.6 is 11.3 Å². The van der Waals surface area contributed by atoms with Gasteiger partial charge in [0.2, 0.25) is 0 Å². The van der Waals surface area contributed by atoms with Crippen molar-refractivity contribution in [3.63, 3.8) is 0 Å². The van der Waals surface area contributed by atoms with E-state index < -0.39 is 6.04 Å². The fourth-order valence-corrected chi connectivity index (χ4v) is 6.54. The molecule has 0 radical (unpaired) electrons. The Balaban J connectivity index is 1.23. The lowest BCUT2D eigenvalue weighted by Gasteiger charge is -2.38. The first kappa shape index (κ1) is 32.2. The zero-order valence-corrected chi connectivity index (χ0v) is 27.4. The van der Waals surface area contributed by atoms with E-state index in [0.717, 1.165) is 27.3 Å². The van der Waals surface area contributed by atoms with Gasteiger partial charge >= 0.3 is 0 Å². The predicted molar refractivity (Wildman–Crippen MR) is 184 cm³/mol. The highest BCUT2D eigenvalue weighted by molar-refractivity contribution is 7.20. The number of fused-ring (bicyclic) bond motifs is 2. The summed E-state index contributed by atoms with van der Waals surface area (Å²) in [6.45, 7) is 5.34. The van der Waals surface area contributed by atoms with Crippen molar-refractivity contribution in [2.75, 3.05) is 32.1 Å². The summed E-state index contributed by atoms with van der Waals surface area (Å²) in [6, 6.07) is 30.1. The van der Waals surface area contributed by atoms with E-state index in [4.69, 9.17) is 9.47 Å². The van der Waals surface area contributed by atoms with Crippen LogP contribution in [0.4, 0.5) is 5.69 Å². The van der Waals surface area contributed by atoms with Gasteiger partial charge in [-0.05, 0) is 68.1 Å². The molecule has 3 atom stereocenters. The molecule has 47 heavy (non-hydrogen) atoms. The average molecular weight is 651 g/mol. The normalized spacial score (nSPS) is 17.0. The topological polar surface area (TPSA) is 104 Å². The van der Waals surface area contributed by atoms with Crippen molar-refractivity contribution in [2.45, 2.75) is 32.5 Å². The van der Waals surface area contributed by atoms with Gasteiger partial charge in [0.1, 0.15) is 17.6 Å². The molecule has 0 bridgehead atoms. The number of amides is 2. The molecular weight excluding hydrogens is 612 g/mol. The van der Waals surface area contributed by atoms with Crippen LogP contribution in [0.25, 0.3) is 10.2 Å². The Bertz CT molecular complexity index is 1810. The summed E-state index contributed by atoms with van der Waals surface area (Å²) < 4.78 is 13.6. The molecule has 0 unspecified atom stereocenters. The molecule has 2 N–H and O–H groups in total. The molecule has 2 heterocycles. The third-order valence-corrected chi connectivity index (χ3v) is 9.31. The van der Waals surface area contributed by atoms with Crippen LogP contribution < -0.4 is 14.8 Å². The molecule has 0 aliphatic carbocycles. The molecule has 4 aromatic carbocycles. The number of carbonyl (C=O) groups is 2. The lowest BCUT2D eigenvalue weighted by atomic mass is 9.98. The van der Waals surface area contributed by atoms with Crippen molar-refractivity contribution in [2.24, 2.45) is 5.92 Å². The van der Waals surface area contributed by atoms with Gasteiger partial charge in [-0.15, -0.1) is 11.3 Å². The summed E-state index contributed by atoms with van der Waals surface area (Å²) in [4.78, 5) is 35.7. The summed E-state index contributed by atoms with van der Waals surface area (Å²) in [5.74, 6) is 1.15. The Labute approximate surface area is 278 Å². The van der Waals surface area contributed by atoms with Crippen molar-refractivity contribution < 1.29 is 24.2 Å². The number of aromatic nitrogens is 1. The minimum atomic E-state index is -0.396. The molecule has 2 amide bonds. The first-order chi connectivity index (χ1) is 22.8. The summed E-state index contributed by atoms with van der Waals surface area (Å²) in [7, 11) is 2.03. The van der Waals surface area contributed by atoms with E-state index >= 15 is 0 Å². The van der Waals surface area contributed by atoms with E-state index in [0.29, 0.717) is 41.6 Å². The molecule has 10 heteroatoms. The van der Waals surface area contributed by atoms with Gasteiger partial charge in [-0.2, -0.15) is 0 Å². The van der Waals surface area contributed by atoms with Crippen molar-refractivity contribution >= 4 is 39.1 Å². The number of hydrogen-bond acceptors (Lipinski definition) is 8. The van der Waals surface area contributed by atoms with Crippen LogP contribution in [0, 0.1) is 5.92 Å². The second-order valence-electron chi connectivity index (χ2n) is 12.0. The maximum atomic E-state index is 13.9. The molecule has 0 fully saturated rings. The number of anilines is 1. The molecular formula is C37H38N4O5S. The van der Waals surface area contributed by atoms with Crippen molar-refractivity contribution in [1.29, 1.82) is 0 Å². The highest BCUT2D eigenvalue weighted by Crippen LogP contribution is 2.36. The minimum absolute atomic E-state index is 0.0850. The number of nitrogens with one attached hydrogen (secondary N) is 1. The highest BCUT2D eigenvalue weighted by Gasteiger charge is 2.34. The molecule has 0 saturated carbocycles. The number of aliphatic hydroxyl groups excluding tert-OH is 1. The SMILES string of the molecule is C[C@H](CO)N1C[C@H](C)[C@@H](CN(C)Cc2ccc(Oc3ccccc3)cc2)Oc2c(NC(=O)c3nc4ccccc4s3)cccc2C1=O. The number of carbonyl (C=O) groups excluding carboxylic acids is 2. The van der Waals surface area contributed by atoms with Crippen LogP contribution in [-0.4, -0.2) is 70.6 Å². The van der Waals surface area contributed by atoms with Crippen LogP contribution in [0.5, 0.6) is 17.2 Å². The number of benzene rings is 4. The zero-order chi connectivity index (χ0) is 32.9. The zero-order valence-electron chi connectivity index (χ0n) is 26.6. The smallest absolute Gasteiger partial charge is 0.284 e. The van der Waals surface area contributed by atoms with Crippen LogP contribution in [0.15, 0.2) is 97.1 Å². The summed E-state index contributed by atoms with van der Waals surface area (Å²) in [5, 5.41) is 13.3. The van der Waals surface area contributed by atoms with Gasteiger partial charge in [0.25, 0.3) is 11.8 Å². The van der Waals surface area contributed by atoms with Crippen LogP contribution in [0.2, 0.25) is 0 Å². The van der Waals surface area contributed by atoms with E-state index in [-0.39, 0.29) is 30.4 Å². The average Bonchev–Trinajstić information content (AvgIpc) is 3.52. The number of ether oxygens (including phenoxy) is 2. The Hall–Kier alpha value is -4.77. The molecule has 0 spiro atoms. The van der Waals surface area contributed by atoms with Gasteiger partial charge in [0, 0.05) is 25.6 Å². The van der Waals surface area contributed by atoms with Crippen LogP contribution in [-0.2, 0) is 6.54 Å². The number of likely N-dealkylation sites (N-methyl/N-ethyl adjacent to an activating group) is 1. The van der Waals surface area contributed by atoms with Gasteiger partial charge in [-0.25, -0.2) is 4.98 Å². The standard InChI is InChI=1S/C37H38N4O5S/c1-24-20-41(25(2)23-42)37(44)29-12-9-14-31(38-35(43)36-39-30-13-7-8-15-33(30)47-36)34(29)46-32(24)22-40(3)21-26-16-18-28(19-17-26)45-27-10-5-4-6-11-27/h4-19,24-25,32,42H,20-23H2,1-3H3,(H,38,43)/t24-,25+,32+/m0/s1. The Morgan fingerprint density at radius 2 is 1.77 bits per heavy atom. The Kier molecular flexibility index (Phi) is 9.81. The van der Waals surface area contributed by atoms with E-state index in [2.05, 4.69) is 15.2 Å². The number of hydrogen-bond donors (Lipinski definition) is 2. The van der Waals surface area contributed by atoms with Crippen LogP contribution in [0.3, 0.4) is 0 Å². The fraction of sp³-hybridized carbons (Fsp3) is 0.270. The third kappa shape index (κ3) is 7.46. The van der Waals surface area contributed by atoms with Gasteiger partial charge in [-0.3, -0.25) is 14.5 Å². The number of rotatable bonds is 10. The molecule has 5 aromatic rings. The third-order valence-electron chi connectivity index (χ3n) is 8.27. The van der Waals surface area contributed by atoms with Crippen molar-refractivity contribution in [1.82, 2.24) is 14.8 Å². The van der Waals surface area contributed by atoms with E-state index in [1.807, 2.05) is 99.8 Å². The number of para-hydroxylation sites is 3. The first-order valence-electron chi connectivity index (χ1n) is 15.7. The Morgan fingerprint density at radius 1 is 1.04 bits per heavy atom. The van der Waals surface area contributed by atoms with Gasteiger partial charge in [-0.1, -0.05) is 55.5 Å². The van der Waals surface area contributed by atoms with Gasteiger partial charge < -0.3 is 24.8 Å². The second kappa shape index (κ2) is 14.3. The van der Waals surface area contributed by atoms with E-state index in [1.165, 1.54) is 11.3 Å². The number of nitrogens with zero attached hydrogens (tertiary/aromatic N) is 3. The monoisotopic (exact) mass is 650 g/mol. The second-order valence-corrected chi connectivity index (χ2v) is 13.0. The fourth-order valence-electron chi connectivity index (χ4n) is 5.68. The summed E-state index contributed by atoms with van der Waals surface area (Å²) in [5.41, 5.74) is 2.59. The maximum absolute atomic E-state index is 13.9. The summed E-state index contributed by atoms with van der Waals surface area (Å²) in [6.07, 6.45) is -0.332. The maximum Gasteiger partial charge on any atom is 0.284 e. The van der Waals surface area contributed by atoms with Crippen LogP contribution in [0.1, 0.15) is 39.6 Å². The molecule has 9 nitrogen and oxygen atoms in total. The van der Waals surface area contributed by atoms with Gasteiger partial charge in [0.15, 0.2) is 10.8 Å². The van der Waals surface area contributed by atoms with Gasteiger partial charge in [0.05, 0.1) is 34.1 Å². The molecule has 1 aromatic heterocycles. The molecule has 242 valence electrons. The Morgan fingerprint density at radius 3 is 2.51 bits per heavy atom.